The Morgan fingerprint density at radius 2 is 1.95 bits per heavy atom. The first-order chi connectivity index (χ1) is 8.93. The van der Waals surface area contributed by atoms with Crippen LogP contribution in [0.15, 0.2) is 24.3 Å². The van der Waals surface area contributed by atoms with Crippen LogP contribution in [0.5, 0.6) is 0 Å². The van der Waals surface area contributed by atoms with Gasteiger partial charge in [0.25, 0.3) is 0 Å². The van der Waals surface area contributed by atoms with Gasteiger partial charge in [-0.3, -0.25) is 4.79 Å². The smallest absolute Gasteiger partial charge is 0.228 e. The van der Waals surface area contributed by atoms with E-state index >= 15 is 0 Å². The highest BCUT2D eigenvalue weighted by Crippen LogP contribution is 2.33. The summed E-state index contributed by atoms with van der Waals surface area (Å²) >= 11 is 0. The molecule has 2 rings (SSSR count). The molecule has 19 heavy (non-hydrogen) atoms. The van der Waals surface area contributed by atoms with E-state index in [-0.39, 0.29) is 11.4 Å². The van der Waals surface area contributed by atoms with E-state index in [4.69, 9.17) is 0 Å². The zero-order valence-electron chi connectivity index (χ0n) is 12.4. The van der Waals surface area contributed by atoms with Crippen molar-refractivity contribution < 1.29 is 4.79 Å². The van der Waals surface area contributed by atoms with Crippen LogP contribution in [0.3, 0.4) is 0 Å². The molecule has 1 aliphatic rings. The molecular weight excluding hydrogens is 236 g/mol. The van der Waals surface area contributed by atoms with E-state index in [1.54, 1.807) is 0 Å². The third kappa shape index (κ3) is 2.81. The second-order valence-electron chi connectivity index (χ2n) is 6.18. The summed E-state index contributed by atoms with van der Waals surface area (Å²) in [7, 11) is 0. The van der Waals surface area contributed by atoms with Gasteiger partial charge in [0.05, 0.1) is 5.54 Å². The lowest BCUT2D eigenvalue weighted by molar-refractivity contribution is -0.119. The number of anilines is 1. The minimum atomic E-state index is -0.196. The van der Waals surface area contributed by atoms with Crippen molar-refractivity contribution in [3.63, 3.8) is 0 Å². The molecule has 1 aromatic carbocycles. The highest BCUT2D eigenvalue weighted by Gasteiger charge is 2.35. The largest absolute Gasteiger partial charge is 0.314 e. The van der Waals surface area contributed by atoms with E-state index in [0.717, 1.165) is 18.8 Å². The maximum atomic E-state index is 12.5. The topological polar surface area (TPSA) is 32.3 Å². The molecule has 1 heterocycles. The highest BCUT2D eigenvalue weighted by atomic mass is 16.2. The zero-order valence-corrected chi connectivity index (χ0v) is 12.4. The van der Waals surface area contributed by atoms with E-state index in [2.05, 4.69) is 45.1 Å². The predicted octanol–water partition coefficient (Wildman–Crippen LogP) is 2.91. The number of rotatable bonds is 2. The molecule has 0 bridgehead atoms. The van der Waals surface area contributed by atoms with Crippen LogP contribution in [0.25, 0.3) is 0 Å². The van der Waals surface area contributed by atoms with Crippen molar-refractivity contribution in [2.24, 2.45) is 0 Å². The van der Waals surface area contributed by atoms with Crippen molar-refractivity contribution >= 4 is 11.6 Å². The quantitative estimate of drug-likeness (QED) is 0.886. The average Bonchev–Trinajstić information content (AvgIpc) is 2.47. The van der Waals surface area contributed by atoms with Gasteiger partial charge >= 0.3 is 0 Å². The molecule has 0 aliphatic carbocycles. The van der Waals surface area contributed by atoms with Gasteiger partial charge < -0.3 is 10.2 Å². The third-order valence-corrected chi connectivity index (χ3v) is 3.73. The first-order valence-electron chi connectivity index (χ1n) is 7.06. The number of para-hydroxylation sites is 1. The summed E-state index contributed by atoms with van der Waals surface area (Å²) in [6, 6.07) is 8.26. The standard InChI is InChI=1S/C16H24N2O/c1-12(2)13-7-5-6-8-14(13)18-15(19)9-10-17-11-16(18,3)4/h5-8,12,17H,9-11H2,1-4H3. The van der Waals surface area contributed by atoms with Crippen molar-refractivity contribution in [1.29, 1.82) is 0 Å². The summed E-state index contributed by atoms with van der Waals surface area (Å²) in [5.41, 5.74) is 2.11. The predicted molar refractivity (Wildman–Crippen MR) is 79.6 cm³/mol. The Hall–Kier alpha value is -1.35. The van der Waals surface area contributed by atoms with Crippen LogP contribution < -0.4 is 10.2 Å². The molecule has 1 N–H and O–H groups in total. The van der Waals surface area contributed by atoms with E-state index in [1.807, 2.05) is 17.0 Å². The molecule has 0 spiro atoms. The Bertz CT molecular complexity index is 466. The number of nitrogens with zero attached hydrogens (tertiary/aromatic N) is 1. The molecule has 104 valence electrons. The molecular formula is C16H24N2O. The molecule has 1 aliphatic heterocycles. The molecule has 0 atom stereocenters. The number of amides is 1. The van der Waals surface area contributed by atoms with Gasteiger partial charge in [-0.2, -0.15) is 0 Å². The van der Waals surface area contributed by atoms with Crippen LogP contribution >= 0.6 is 0 Å². The molecule has 1 saturated heterocycles. The maximum Gasteiger partial charge on any atom is 0.228 e. The Morgan fingerprint density at radius 3 is 2.63 bits per heavy atom. The van der Waals surface area contributed by atoms with Gasteiger partial charge in [0.2, 0.25) is 5.91 Å². The molecule has 0 unspecified atom stereocenters. The number of carbonyl (C=O) groups is 1. The van der Waals surface area contributed by atoms with Crippen LogP contribution in [-0.2, 0) is 4.79 Å². The van der Waals surface area contributed by atoms with Crippen molar-refractivity contribution in [2.75, 3.05) is 18.0 Å². The summed E-state index contributed by atoms with van der Waals surface area (Å²) in [6.45, 7) is 10.2. The lowest BCUT2D eigenvalue weighted by Crippen LogP contribution is -2.51. The fourth-order valence-corrected chi connectivity index (χ4v) is 2.76. The van der Waals surface area contributed by atoms with Gasteiger partial charge in [0.1, 0.15) is 0 Å². The SMILES string of the molecule is CC(C)c1ccccc1N1C(=O)CCNCC1(C)C. The van der Waals surface area contributed by atoms with E-state index in [0.29, 0.717) is 12.3 Å². The van der Waals surface area contributed by atoms with Crippen LogP contribution in [-0.4, -0.2) is 24.5 Å². The Morgan fingerprint density at radius 1 is 1.26 bits per heavy atom. The summed E-state index contributed by atoms with van der Waals surface area (Å²) in [5, 5.41) is 3.35. The van der Waals surface area contributed by atoms with Gasteiger partial charge in [0, 0.05) is 25.2 Å². The molecule has 3 nitrogen and oxygen atoms in total. The molecule has 0 radical (unpaired) electrons. The van der Waals surface area contributed by atoms with Gasteiger partial charge in [-0.05, 0) is 31.4 Å². The monoisotopic (exact) mass is 260 g/mol. The van der Waals surface area contributed by atoms with E-state index in [9.17, 15) is 4.79 Å². The molecule has 0 saturated carbocycles. The van der Waals surface area contributed by atoms with Gasteiger partial charge in [-0.1, -0.05) is 32.0 Å². The van der Waals surface area contributed by atoms with E-state index in [1.165, 1.54) is 5.56 Å². The minimum Gasteiger partial charge on any atom is -0.314 e. The molecule has 1 fully saturated rings. The number of hydrogen-bond acceptors (Lipinski definition) is 2. The maximum absolute atomic E-state index is 12.5. The molecule has 1 aromatic rings. The summed E-state index contributed by atoms with van der Waals surface area (Å²) in [4.78, 5) is 14.5. The number of carbonyl (C=O) groups excluding carboxylic acids is 1. The number of hydrogen-bond donors (Lipinski definition) is 1. The number of benzene rings is 1. The first-order valence-corrected chi connectivity index (χ1v) is 7.06. The van der Waals surface area contributed by atoms with Gasteiger partial charge in [-0.25, -0.2) is 0 Å². The lowest BCUT2D eigenvalue weighted by Gasteiger charge is -2.38. The average molecular weight is 260 g/mol. The van der Waals surface area contributed by atoms with E-state index < -0.39 is 0 Å². The lowest BCUT2D eigenvalue weighted by atomic mass is 9.95. The van der Waals surface area contributed by atoms with Crippen LogP contribution in [0.2, 0.25) is 0 Å². The van der Waals surface area contributed by atoms with Gasteiger partial charge in [0.15, 0.2) is 0 Å². The second kappa shape index (κ2) is 5.33. The summed E-state index contributed by atoms with van der Waals surface area (Å²) in [5.74, 6) is 0.624. The summed E-state index contributed by atoms with van der Waals surface area (Å²) in [6.07, 6.45) is 0.565. The fraction of sp³-hybridized carbons (Fsp3) is 0.562. The van der Waals surface area contributed by atoms with Crippen molar-refractivity contribution in [2.45, 2.75) is 45.6 Å². The molecule has 3 heteroatoms. The normalized spacial score (nSPS) is 19.6. The van der Waals surface area contributed by atoms with Crippen molar-refractivity contribution in [3.8, 4) is 0 Å². The van der Waals surface area contributed by atoms with Crippen LogP contribution in [0.1, 0.15) is 45.6 Å². The van der Waals surface area contributed by atoms with Crippen LogP contribution in [0.4, 0.5) is 5.69 Å². The first kappa shape index (κ1) is 14.1. The number of nitrogens with one attached hydrogen (secondary N) is 1. The van der Waals surface area contributed by atoms with Crippen molar-refractivity contribution in [1.82, 2.24) is 5.32 Å². The Labute approximate surface area is 116 Å². The molecule has 0 aromatic heterocycles. The second-order valence-corrected chi connectivity index (χ2v) is 6.18. The highest BCUT2D eigenvalue weighted by molar-refractivity contribution is 5.96. The minimum absolute atomic E-state index is 0.196. The fourth-order valence-electron chi connectivity index (χ4n) is 2.76. The van der Waals surface area contributed by atoms with Crippen molar-refractivity contribution in [3.05, 3.63) is 29.8 Å². The molecule has 1 amide bonds. The van der Waals surface area contributed by atoms with Gasteiger partial charge in [-0.15, -0.1) is 0 Å². The summed E-state index contributed by atoms with van der Waals surface area (Å²) < 4.78 is 0. The van der Waals surface area contributed by atoms with Crippen LogP contribution in [0, 0.1) is 0 Å². The zero-order chi connectivity index (χ0) is 14.0. The Kier molecular flexibility index (Phi) is 3.95. The third-order valence-electron chi connectivity index (χ3n) is 3.73. The Balaban J connectivity index is 2.50.